The van der Waals surface area contributed by atoms with E-state index < -0.39 is 11.9 Å². The van der Waals surface area contributed by atoms with Gasteiger partial charge < -0.3 is 10.1 Å². The van der Waals surface area contributed by atoms with E-state index in [9.17, 15) is 13.2 Å². The van der Waals surface area contributed by atoms with Gasteiger partial charge in [0.1, 0.15) is 0 Å². The molecule has 1 aliphatic rings. The third-order valence-corrected chi connectivity index (χ3v) is 3.38. The zero-order valence-electron chi connectivity index (χ0n) is 12.6. The summed E-state index contributed by atoms with van der Waals surface area (Å²) in [5.74, 6) is 0. The highest BCUT2D eigenvalue weighted by Crippen LogP contribution is 2.28. The lowest BCUT2D eigenvalue weighted by molar-refractivity contribution is -0.141. The van der Waals surface area contributed by atoms with Gasteiger partial charge in [-0.05, 0) is 39.7 Å². The summed E-state index contributed by atoms with van der Waals surface area (Å²) in [6.07, 6.45) is -1.23. The Morgan fingerprint density at radius 1 is 1.29 bits per heavy atom. The van der Waals surface area contributed by atoms with Gasteiger partial charge in [-0.1, -0.05) is 0 Å². The Hall–Kier alpha value is -1.08. The topological polar surface area (TPSA) is 39.1 Å². The summed E-state index contributed by atoms with van der Waals surface area (Å²) in [5.41, 5.74) is -0.822. The van der Waals surface area contributed by atoms with Crippen molar-refractivity contribution in [3.8, 4) is 0 Å². The maximum absolute atomic E-state index is 12.5. The Balaban J connectivity index is 1.81. The molecule has 120 valence electrons. The number of hydrogen-bond donors (Lipinski definition) is 1. The third-order valence-electron chi connectivity index (χ3n) is 3.38. The van der Waals surface area contributed by atoms with E-state index in [1.165, 1.54) is 10.9 Å². The first-order valence-corrected chi connectivity index (χ1v) is 7.14. The molecule has 0 saturated carbocycles. The van der Waals surface area contributed by atoms with E-state index in [1.807, 2.05) is 0 Å². The van der Waals surface area contributed by atoms with E-state index >= 15 is 0 Å². The summed E-state index contributed by atoms with van der Waals surface area (Å²) >= 11 is 0. The van der Waals surface area contributed by atoms with Crippen LogP contribution in [0.25, 0.3) is 0 Å². The number of nitrogens with one attached hydrogen (secondary N) is 1. The van der Waals surface area contributed by atoms with Crippen molar-refractivity contribution < 1.29 is 17.9 Å². The summed E-state index contributed by atoms with van der Waals surface area (Å²) in [5, 5.41) is 6.93. The Kier molecular flexibility index (Phi) is 4.63. The fourth-order valence-electron chi connectivity index (χ4n) is 2.31. The molecule has 1 fully saturated rings. The number of nitrogens with zero attached hydrogens (tertiary/aromatic N) is 2. The molecule has 1 aromatic heterocycles. The Labute approximate surface area is 122 Å². The standard InChI is InChI=1S/C14H22F3N3O/c1-13(2,3)18-8-10-4-5-11(21-10)9-20-7-6-12(19-20)14(15,16)17/h6-7,10-11,18H,4-5,8-9H2,1-3H3. The zero-order chi connectivity index (χ0) is 15.7. The Morgan fingerprint density at radius 2 is 1.95 bits per heavy atom. The van der Waals surface area contributed by atoms with Crippen LogP contribution in [-0.2, 0) is 17.5 Å². The maximum Gasteiger partial charge on any atom is 0.435 e. The van der Waals surface area contributed by atoms with Crippen LogP contribution in [0.5, 0.6) is 0 Å². The quantitative estimate of drug-likeness (QED) is 0.930. The summed E-state index contributed by atoms with van der Waals surface area (Å²) in [6.45, 7) is 7.38. The number of ether oxygens (including phenoxy) is 1. The number of alkyl halides is 3. The van der Waals surface area contributed by atoms with E-state index in [0.29, 0.717) is 6.54 Å². The molecule has 0 amide bonds. The predicted octanol–water partition coefficient (Wildman–Crippen LogP) is 2.84. The fourth-order valence-corrected chi connectivity index (χ4v) is 2.31. The number of hydrogen-bond acceptors (Lipinski definition) is 3. The average molecular weight is 305 g/mol. The zero-order valence-corrected chi connectivity index (χ0v) is 12.6. The molecule has 0 spiro atoms. The van der Waals surface area contributed by atoms with Crippen molar-refractivity contribution in [2.75, 3.05) is 6.54 Å². The van der Waals surface area contributed by atoms with Crippen molar-refractivity contribution in [2.45, 2.75) is 64.1 Å². The minimum absolute atomic E-state index is 0.0328. The average Bonchev–Trinajstić information content (AvgIpc) is 2.94. The smallest absolute Gasteiger partial charge is 0.372 e. The lowest BCUT2D eigenvalue weighted by Crippen LogP contribution is -2.41. The van der Waals surface area contributed by atoms with E-state index in [2.05, 4.69) is 31.2 Å². The van der Waals surface area contributed by atoms with Crippen molar-refractivity contribution in [3.05, 3.63) is 18.0 Å². The van der Waals surface area contributed by atoms with Gasteiger partial charge in [0.05, 0.1) is 18.8 Å². The third kappa shape index (κ3) is 5.00. The molecule has 0 aromatic carbocycles. The molecule has 2 rings (SSSR count). The van der Waals surface area contributed by atoms with Gasteiger partial charge in [0, 0.05) is 18.3 Å². The van der Waals surface area contributed by atoms with Gasteiger partial charge in [0.15, 0.2) is 5.69 Å². The van der Waals surface area contributed by atoms with Gasteiger partial charge in [0.25, 0.3) is 0 Å². The Morgan fingerprint density at radius 3 is 2.52 bits per heavy atom. The molecule has 0 radical (unpaired) electrons. The van der Waals surface area contributed by atoms with Crippen molar-refractivity contribution in [1.82, 2.24) is 15.1 Å². The maximum atomic E-state index is 12.5. The first-order chi connectivity index (χ1) is 9.63. The molecule has 1 aliphatic heterocycles. The molecule has 21 heavy (non-hydrogen) atoms. The predicted molar refractivity (Wildman–Crippen MR) is 72.9 cm³/mol. The van der Waals surface area contributed by atoms with Crippen molar-refractivity contribution in [2.24, 2.45) is 0 Å². The van der Waals surface area contributed by atoms with Gasteiger partial charge in [-0.2, -0.15) is 18.3 Å². The van der Waals surface area contributed by atoms with E-state index in [4.69, 9.17) is 4.74 Å². The second kappa shape index (κ2) is 5.96. The fraction of sp³-hybridized carbons (Fsp3) is 0.786. The minimum atomic E-state index is -4.39. The van der Waals surface area contributed by atoms with Gasteiger partial charge in [0.2, 0.25) is 0 Å². The monoisotopic (exact) mass is 305 g/mol. The van der Waals surface area contributed by atoms with E-state index in [1.54, 1.807) is 0 Å². The van der Waals surface area contributed by atoms with Crippen LogP contribution in [0.3, 0.4) is 0 Å². The summed E-state index contributed by atoms with van der Waals surface area (Å²) in [6, 6.07) is 0.994. The molecule has 1 N–H and O–H groups in total. The van der Waals surface area contributed by atoms with Gasteiger partial charge in [-0.3, -0.25) is 4.68 Å². The first-order valence-electron chi connectivity index (χ1n) is 7.14. The molecule has 0 bridgehead atoms. The highest BCUT2D eigenvalue weighted by molar-refractivity contribution is 5.03. The van der Waals surface area contributed by atoms with Crippen molar-refractivity contribution in [3.63, 3.8) is 0 Å². The van der Waals surface area contributed by atoms with Crippen LogP contribution in [0.15, 0.2) is 12.3 Å². The highest BCUT2D eigenvalue weighted by atomic mass is 19.4. The lowest BCUT2D eigenvalue weighted by Gasteiger charge is -2.23. The molecular formula is C14H22F3N3O. The molecule has 0 aliphatic carbocycles. The highest BCUT2D eigenvalue weighted by Gasteiger charge is 2.34. The molecule has 2 heterocycles. The van der Waals surface area contributed by atoms with E-state index in [0.717, 1.165) is 25.5 Å². The van der Waals surface area contributed by atoms with Crippen LogP contribution >= 0.6 is 0 Å². The largest absolute Gasteiger partial charge is 0.435 e. The summed E-state index contributed by atoms with van der Waals surface area (Å²) in [4.78, 5) is 0. The number of rotatable bonds is 4. The summed E-state index contributed by atoms with van der Waals surface area (Å²) in [7, 11) is 0. The molecule has 2 unspecified atom stereocenters. The van der Waals surface area contributed by atoms with Crippen LogP contribution in [0.4, 0.5) is 13.2 Å². The molecule has 1 saturated heterocycles. The van der Waals surface area contributed by atoms with Crippen molar-refractivity contribution >= 4 is 0 Å². The van der Waals surface area contributed by atoms with Crippen LogP contribution in [0, 0.1) is 0 Å². The molecule has 1 aromatic rings. The van der Waals surface area contributed by atoms with Crippen molar-refractivity contribution in [1.29, 1.82) is 0 Å². The van der Waals surface area contributed by atoms with Gasteiger partial charge in [-0.15, -0.1) is 0 Å². The molecule has 7 heteroatoms. The summed E-state index contributed by atoms with van der Waals surface area (Å²) < 4.78 is 44.6. The number of halogens is 3. The van der Waals surface area contributed by atoms with Crippen LogP contribution < -0.4 is 5.32 Å². The SMILES string of the molecule is CC(C)(C)NCC1CCC(Cn2ccc(C(F)(F)F)n2)O1. The van der Waals surface area contributed by atoms with Crippen LogP contribution in [0.1, 0.15) is 39.3 Å². The van der Waals surface area contributed by atoms with Gasteiger partial charge >= 0.3 is 6.18 Å². The number of aromatic nitrogens is 2. The lowest BCUT2D eigenvalue weighted by atomic mass is 10.1. The second-order valence-electron chi connectivity index (χ2n) is 6.51. The van der Waals surface area contributed by atoms with Crippen LogP contribution in [0.2, 0.25) is 0 Å². The Bertz CT molecular complexity index is 465. The normalized spacial score (nSPS) is 23.7. The first kappa shape index (κ1) is 16.3. The van der Waals surface area contributed by atoms with E-state index in [-0.39, 0.29) is 17.7 Å². The minimum Gasteiger partial charge on any atom is -0.372 e. The van der Waals surface area contributed by atoms with Gasteiger partial charge in [-0.25, -0.2) is 0 Å². The molecule has 2 atom stereocenters. The molecule has 4 nitrogen and oxygen atoms in total. The second-order valence-corrected chi connectivity index (χ2v) is 6.51. The van der Waals surface area contributed by atoms with Crippen LogP contribution in [-0.4, -0.2) is 34.1 Å². The molecular weight excluding hydrogens is 283 g/mol.